The minimum atomic E-state index is -0.231. The van der Waals surface area contributed by atoms with Crippen LogP contribution in [0, 0.1) is 0 Å². The standard InChI is InChI=1S/C12H21NO3/c1-3-14-12(15-4-2)10-13-9-11-7-5-6-8-16-11/h6,8-9,11-12H,3-5,7,10H2,1-2H3/t11-/m1/s1. The summed E-state index contributed by atoms with van der Waals surface area (Å²) in [5.41, 5.74) is 0. The van der Waals surface area contributed by atoms with E-state index >= 15 is 0 Å². The molecule has 0 saturated heterocycles. The van der Waals surface area contributed by atoms with Crippen molar-refractivity contribution in [2.45, 2.75) is 39.1 Å². The van der Waals surface area contributed by atoms with E-state index in [4.69, 9.17) is 14.2 Å². The first-order valence-corrected chi connectivity index (χ1v) is 5.90. The van der Waals surface area contributed by atoms with E-state index in [-0.39, 0.29) is 12.4 Å². The van der Waals surface area contributed by atoms with Gasteiger partial charge in [0.15, 0.2) is 6.29 Å². The van der Waals surface area contributed by atoms with Crippen LogP contribution in [0.25, 0.3) is 0 Å². The van der Waals surface area contributed by atoms with Crippen molar-refractivity contribution in [2.24, 2.45) is 4.99 Å². The zero-order valence-electron chi connectivity index (χ0n) is 10.1. The molecule has 0 fully saturated rings. The number of hydrogen-bond donors (Lipinski definition) is 0. The van der Waals surface area contributed by atoms with Gasteiger partial charge in [-0.25, -0.2) is 0 Å². The van der Waals surface area contributed by atoms with Gasteiger partial charge in [-0.1, -0.05) is 0 Å². The first-order valence-electron chi connectivity index (χ1n) is 5.90. The smallest absolute Gasteiger partial charge is 0.176 e. The Balaban J connectivity index is 2.24. The number of nitrogens with zero attached hydrogens (tertiary/aromatic N) is 1. The van der Waals surface area contributed by atoms with Crippen molar-refractivity contribution in [2.75, 3.05) is 19.8 Å². The summed E-state index contributed by atoms with van der Waals surface area (Å²) in [5, 5.41) is 0. The van der Waals surface area contributed by atoms with E-state index in [2.05, 4.69) is 4.99 Å². The average molecular weight is 227 g/mol. The molecule has 1 rings (SSSR count). The summed E-state index contributed by atoms with van der Waals surface area (Å²) in [5.74, 6) is 0. The van der Waals surface area contributed by atoms with Gasteiger partial charge >= 0.3 is 0 Å². The summed E-state index contributed by atoms with van der Waals surface area (Å²) in [7, 11) is 0. The maximum Gasteiger partial charge on any atom is 0.176 e. The third-order valence-corrected chi connectivity index (χ3v) is 2.20. The molecule has 0 aliphatic carbocycles. The molecule has 16 heavy (non-hydrogen) atoms. The molecule has 0 saturated carbocycles. The number of allylic oxidation sites excluding steroid dienone is 1. The average Bonchev–Trinajstić information content (AvgIpc) is 2.31. The van der Waals surface area contributed by atoms with Gasteiger partial charge in [-0.2, -0.15) is 0 Å². The van der Waals surface area contributed by atoms with Crippen LogP contribution in [0.3, 0.4) is 0 Å². The van der Waals surface area contributed by atoms with Gasteiger partial charge in [-0.3, -0.25) is 4.99 Å². The van der Waals surface area contributed by atoms with Crippen molar-refractivity contribution in [1.82, 2.24) is 0 Å². The molecule has 0 bridgehead atoms. The van der Waals surface area contributed by atoms with Crippen molar-refractivity contribution in [1.29, 1.82) is 0 Å². The van der Waals surface area contributed by atoms with Crippen LogP contribution in [0.15, 0.2) is 17.3 Å². The Labute approximate surface area is 97.3 Å². The van der Waals surface area contributed by atoms with Gasteiger partial charge in [0.25, 0.3) is 0 Å². The van der Waals surface area contributed by atoms with Crippen LogP contribution in [0.2, 0.25) is 0 Å². The number of aliphatic imine (C=N–C) groups is 1. The highest BCUT2D eigenvalue weighted by Gasteiger charge is 2.09. The van der Waals surface area contributed by atoms with Gasteiger partial charge in [-0.15, -0.1) is 0 Å². The molecule has 0 aromatic rings. The molecular formula is C12H21NO3. The normalized spacial score (nSPS) is 20.6. The van der Waals surface area contributed by atoms with Crippen LogP contribution in [-0.2, 0) is 14.2 Å². The van der Waals surface area contributed by atoms with E-state index in [0.29, 0.717) is 19.8 Å². The van der Waals surface area contributed by atoms with Crippen molar-refractivity contribution in [3.05, 3.63) is 12.3 Å². The van der Waals surface area contributed by atoms with E-state index < -0.39 is 0 Å². The molecule has 0 N–H and O–H groups in total. The van der Waals surface area contributed by atoms with Crippen LogP contribution in [-0.4, -0.2) is 38.4 Å². The lowest BCUT2D eigenvalue weighted by molar-refractivity contribution is -0.128. The molecule has 0 spiro atoms. The first kappa shape index (κ1) is 13.2. The molecule has 1 heterocycles. The predicted octanol–water partition coefficient (Wildman–Crippen LogP) is 2.15. The molecule has 1 aliphatic rings. The summed E-state index contributed by atoms with van der Waals surface area (Å²) < 4.78 is 16.1. The number of ether oxygens (including phenoxy) is 3. The lowest BCUT2D eigenvalue weighted by Crippen LogP contribution is -2.22. The molecule has 4 nitrogen and oxygen atoms in total. The molecular weight excluding hydrogens is 206 g/mol. The van der Waals surface area contributed by atoms with Gasteiger partial charge in [0.2, 0.25) is 0 Å². The second kappa shape index (κ2) is 8.30. The molecule has 0 aromatic heterocycles. The van der Waals surface area contributed by atoms with Gasteiger partial charge in [-0.05, 0) is 32.8 Å². The highest BCUT2D eigenvalue weighted by Crippen LogP contribution is 2.08. The van der Waals surface area contributed by atoms with Crippen molar-refractivity contribution < 1.29 is 14.2 Å². The van der Waals surface area contributed by atoms with E-state index in [1.54, 1.807) is 6.26 Å². The van der Waals surface area contributed by atoms with E-state index in [1.807, 2.05) is 26.1 Å². The number of hydrogen-bond acceptors (Lipinski definition) is 4. The zero-order chi connectivity index (χ0) is 11.6. The monoisotopic (exact) mass is 227 g/mol. The first-order chi connectivity index (χ1) is 7.86. The molecule has 0 unspecified atom stereocenters. The fourth-order valence-corrected chi connectivity index (χ4v) is 1.45. The zero-order valence-corrected chi connectivity index (χ0v) is 10.1. The van der Waals surface area contributed by atoms with Gasteiger partial charge < -0.3 is 14.2 Å². The number of rotatable bonds is 7. The molecule has 4 heteroatoms. The summed E-state index contributed by atoms with van der Waals surface area (Å²) in [6, 6.07) is 0. The van der Waals surface area contributed by atoms with E-state index in [0.717, 1.165) is 12.8 Å². The summed E-state index contributed by atoms with van der Waals surface area (Å²) in [6.45, 7) is 5.71. The second-order valence-corrected chi connectivity index (χ2v) is 3.48. The molecule has 0 aromatic carbocycles. The van der Waals surface area contributed by atoms with Crippen molar-refractivity contribution >= 4 is 6.21 Å². The Kier molecular flexibility index (Phi) is 6.85. The fourth-order valence-electron chi connectivity index (χ4n) is 1.45. The molecule has 1 atom stereocenters. The minimum absolute atomic E-state index is 0.105. The van der Waals surface area contributed by atoms with Crippen LogP contribution in [0.1, 0.15) is 26.7 Å². The highest BCUT2D eigenvalue weighted by atomic mass is 16.7. The Morgan fingerprint density at radius 1 is 1.44 bits per heavy atom. The van der Waals surface area contributed by atoms with Crippen LogP contribution < -0.4 is 0 Å². The maximum atomic E-state index is 5.38. The Hall–Kier alpha value is -0.870. The predicted molar refractivity (Wildman–Crippen MR) is 63.6 cm³/mol. The Bertz CT molecular complexity index is 222. The molecule has 0 amide bonds. The van der Waals surface area contributed by atoms with Crippen molar-refractivity contribution in [3.8, 4) is 0 Å². The SMILES string of the molecule is CCOC(CN=C[C@H]1CCC=CO1)OCC. The lowest BCUT2D eigenvalue weighted by atomic mass is 10.2. The Morgan fingerprint density at radius 3 is 2.75 bits per heavy atom. The fraction of sp³-hybridized carbons (Fsp3) is 0.750. The molecule has 1 aliphatic heterocycles. The van der Waals surface area contributed by atoms with Crippen LogP contribution in [0.5, 0.6) is 0 Å². The molecule has 0 radical (unpaired) electrons. The van der Waals surface area contributed by atoms with Crippen LogP contribution in [0.4, 0.5) is 0 Å². The minimum Gasteiger partial charge on any atom is -0.493 e. The second-order valence-electron chi connectivity index (χ2n) is 3.48. The lowest BCUT2D eigenvalue weighted by Gasteiger charge is -2.16. The molecule has 92 valence electrons. The van der Waals surface area contributed by atoms with Crippen LogP contribution >= 0.6 is 0 Å². The van der Waals surface area contributed by atoms with E-state index in [9.17, 15) is 0 Å². The van der Waals surface area contributed by atoms with Gasteiger partial charge in [0, 0.05) is 19.4 Å². The van der Waals surface area contributed by atoms with Gasteiger partial charge in [0.1, 0.15) is 6.10 Å². The van der Waals surface area contributed by atoms with Crippen molar-refractivity contribution in [3.63, 3.8) is 0 Å². The maximum absolute atomic E-state index is 5.38. The van der Waals surface area contributed by atoms with E-state index in [1.165, 1.54) is 0 Å². The third-order valence-electron chi connectivity index (χ3n) is 2.20. The summed E-state index contributed by atoms with van der Waals surface area (Å²) in [4.78, 5) is 4.30. The summed E-state index contributed by atoms with van der Waals surface area (Å²) >= 11 is 0. The largest absolute Gasteiger partial charge is 0.493 e. The highest BCUT2D eigenvalue weighted by molar-refractivity contribution is 5.63. The Morgan fingerprint density at radius 2 is 2.19 bits per heavy atom. The summed E-state index contributed by atoms with van der Waals surface area (Å²) in [6.07, 6.45) is 7.52. The quantitative estimate of drug-likeness (QED) is 0.494. The topological polar surface area (TPSA) is 40.0 Å². The third kappa shape index (κ3) is 5.28. The van der Waals surface area contributed by atoms with Gasteiger partial charge in [0.05, 0.1) is 12.8 Å².